The predicted molar refractivity (Wildman–Crippen MR) is 90.6 cm³/mol. The Labute approximate surface area is 143 Å². The van der Waals surface area contributed by atoms with Gasteiger partial charge in [0.25, 0.3) is 0 Å². The van der Waals surface area contributed by atoms with Gasteiger partial charge in [-0.1, -0.05) is 12.1 Å². The first kappa shape index (κ1) is 19.5. The van der Waals surface area contributed by atoms with Crippen LogP contribution in [-0.2, 0) is 24.9 Å². The summed E-state index contributed by atoms with van der Waals surface area (Å²) in [5.74, 6) is -1.53. The number of amides is 3. The van der Waals surface area contributed by atoms with Gasteiger partial charge in [-0.25, -0.2) is 0 Å². The first-order valence-electron chi connectivity index (χ1n) is 7.06. The molecule has 0 heterocycles. The summed E-state index contributed by atoms with van der Waals surface area (Å²) in [7, 11) is 0. The van der Waals surface area contributed by atoms with Crippen molar-refractivity contribution in [3.05, 3.63) is 29.8 Å². The molecule has 0 aliphatic carbocycles. The normalized spacial score (nSPS) is 9.88. The first-order valence-corrected chi connectivity index (χ1v) is 8.21. The van der Waals surface area contributed by atoms with Gasteiger partial charge in [0.1, 0.15) is 0 Å². The van der Waals surface area contributed by atoms with E-state index in [1.165, 1.54) is 18.7 Å². The molecule has 0 saturated carbocycles. The highest BCUT2D eigenvalue weighted by atomic mass is 32.2. The number of hydrogen-bond acceptors (Lipinski definition) is 5. The first-order chi connectivity index (χ1) is 11.4. The predicted octanol–water partition coefficient (Wildman–Crippen LogP) is 0.195. The van der Waals surface area contributed by atoms with E-state index in [4.69, 9.17) is 5.11 Å². The molecule has 1 aromatic carbocycles. The van der Waals surface area contributed by atoms with Crippen LogP contribution in [0.25, 0.3) is 0 Å². The van der Waals surface area contributed by atoms with Gasteiger partial charge in [0, 0.05) is 18.4 Å². The van der Waals surface area contributed by atoms with Crippen LogP contribution in [0.2, 0.25) is 0 Å². The van der Waals surface area contributed by atoms with Gasteiger partial charge in [0.05, 0.1) is 18.8 Å². The Kier molecular flexibility index (Phi) is 8.34. The number of anilines is 1. The van der Waals surface area contributed by atoms with Crippen LogP contribution in [0.5, 0.6) is 0 Å². The Balaban J connectivity index is 2.39. The van der Waals surface area contributed by atoms with Gasteiger partial charge in [-0.3, -0.25) is 19.2 Å². The average molecular weight is 353 g/mol. The molecule has 24 heavy (non-hydrogen) atoms. The number of nitrogens with one attached hydrogen (secondary N) is 3. The quantitative estimate of drug-likeness (QED) is 0.502. The summed E-state index contributed by atoms with van der Waals surface area (Å²) in [6.45, 7) is 0.900. The third-order valence-corrected chi connectivity index (χ3v) is 3.64. The van der Waals surface area contributed by atoms with Gasteiger partial charge in [-0.2, -0.15) is 0 Å². The molecule has 9 heteroatoms. The summed E-state index contributed by atoms with van der Waals surface area (Å²) in [4.78, 5) is 44.3. The molecule has 8 nitrogen and oxygen atoms in total. The highest BCUT2D eigenvalue weighted by Crippen LogP contribution is 2.16. The van der Waals surface area contributed by atoms with Crippen molar-refractivity contribution >= 4 is 41.1 Å². The minimum Gasteiger partial charge on any atom is -0.481 e. The Hall–Kier alpha value is -2.55. The van der Waals surface area contributed by atoms with Crippen LogP contribution in [0.4, 0.5) is 5.69 Å². The zero-order valence-corrected chi connectivity index (χ0v) is 13.9. The minimum absolute atomic E-state index is 0.0108. The van der Waals surface area contributed by atoms with E-state index in [-0.39, 0.29) is 24.7 Å². The lowest BCUT2D eigenvalue weighted by Crippen LogP contribution is -2.39. The molecule has 0 aromatic heterocycles. The summed E-state index contributed by atoms with van der Waals surface area (Å²) in [5.41, 5.74) is 1.44. The van der Waals surface area contributed by atoms with E-state index in [9.17, 15) is 19.2 Å². The Morgan fingerprint density at radius 1 is 1.08 bits per heavy atom. The van der Waals surface area contributed by atoms with Crippen molar-refractivity contribution in [1.82, 2.24) is 10.6 Å². The number of hydrogen-bond donors (Lipinski definition) is 4. The summed E-state index contributed by atoms with van der Waals surface area (Å²) in [6.07, 6.45) is 0. The van der Waals surface area contributed by atoms with Crippen LogP contribution in [0.1, 0.15) is 12.5 Å². The van der Waals surface area contributed by atoms with Gasteiger partial charge in [-0.05, 0) is 17.7 Å². The topological polar surface area (TPSA) is 125 Å². The van der Waals surface area contributed by atoms with E-state index in [0.717, 1.165) is 5.56 Å². The van der Waals surface area contributed by atoms with Crippen LogP contribution in [0, 0.1) is 0 Å². The lowest BCUT2D eigenvalue weighted by Gasteiger charge is -2.08. The van der Waals surface area contributed by atoms with Gasteiger partial charge in [-0.15, -0.1) is 11.8 Å². The number of carboxylic acids is 1. The Morgan fingerprint density at radius 3 is 2.46 bits per heavy atom. The zero-order valence-electron chi connectivity index (χ0n) is 13.1. The molecule has 3 amide bonds. The Bertz CT molecular complexity index is 621. The van der Waals surface area contributed by atoms with Crippen LogP contribution in [-0.4, -0.2) is 47.6 Å². The van der Waals surface area contributed by atoms with Gasteiger partial charge in [0.15, 0.2) is 0 Å². The molecule has 1 rings (SSSR count). The smallest absolute Gasteiger partial charge is 0.313 e. The molecule has 4 N–H and O–H groups in total. The number of carbonyl (C=O) groups excluding carboxylic acids is 3. The van der Waals surface area contributed by atoms with E-state index >= 15 is 0 Å². The van der Waals surface area contributed by atoms with E-state index in [1.807, 2.05) is 6.07 Å². The van der Waals surface area contributed by atoms with E-state index in [1.54, 1.807) is 18.2 Å². The molecule has 0 aliphatic rings. The number of carboxylic acid groups (broad SMARTS) is 1. The molecular weight excluding hydrogens is 334 g/mol. The molecule has 1 aromatic rings. The van der Waals surface area contributed by atoms with Crippen LogP contribution < -0.4 is 16.0 Å². The fourth-order valence-electron chi connectivity index (χ4n) is 1.65. The van der Waals surface area contributed by atoms with E-state index in [0.29, 0.717) is 11.4 Å². The third-order valence-electron chi connectivity index (χ3n) is 2.65. The molecule has 0 radical (unpaired) electrons. The largest absolute Gasteiger partial charge is 0.481 e. The second-order valence-corrected chi connectivity index (χ2v) is 5.81. The van der Waals surface area contributed by atoms with Gasteiger partial charge in [0.2, 0.25) is 17.7 Å². The second kappa shape index (κ2) is 10.3. The molecule has 130 valence electrons. The second-order valence-electron chi connectivity index (χ2n) is 4.82. The molecule has 0 fully saturated rings. The summed E-state index contributed by atoms with van der Waals surface area (Å²) >= 11 is 1.26. The maximum Gasteiger partial charge on any atom is 0.313 e. The lowest BCUT2D eigenvalue weighted by atomic mass is 10.2. The average Bonchev–Trinajstić information content (AvgIpc) is 2.51. The third kappa shape index (κ3) is 8.79. The number of benzene rings is 1. The fourth-order valence-corrected chi connectivity index (χ4v) is 2.34. The molecule has 0 saturated heterocycles. The van der Waals surface area contributed by atoms with Crippen molar-refractivity contribution in [1.29, 1.82) is 0 Å². The van der Waals surface area contributed by atoms with E-state index < -0.39 is 17.8 Å². The monoisotopic (exact) mass is 353 g/mol. The van der Waals surface area contributed by atoms with Crippen molar-refractivity contribution in [3.8, 4) is 0 Å². The highest BCUT2D eigenvalue weighted by Gasteiger charge is 2.07. The van der Waals surface area contributed by atoms with Crippen molar-refractivity contribution in [2.75, 3.05) is 24.2 Å². The van der Waals surface area contributed by atoms with Crippen molar-refractivity contribution in [2.45, 2.75) is 12.7 Å². The molecule has 0 aliphatic heterocycles. The number of rotatable bonds is 9. The standard InChI is InChI=1S/C15H19N3O5S/c1-10(19)16-6-13(20)17-7-14(21)18-12-4-2-3-11(5-12)8-24-9-15(22)23/h2-5H,6-9H2,1H3,(H,16,19)(H,17,20)(H,18,21)(H,22,23). The van der Waals surface area contributed by atoms with E-state index in [2.05, 4.69) is 16.0 Å². The maximum atomic E-state index is 11.8. The lowest BCUT2D eigenvalue weighted by molar-refractivity contribution is -0.134. The number of thioether (sulfide) groups is 1. The zero-order chi connectivity index (χ0) is 17.9. The van der Waals surface area contributed by atoms with Crippen LogP contribution in [0.15, 0.2) is 24.3 Å². The molecule has 0 unspecified atom stereocenters. The highest BCUT2D eigenvalue weighted by molar-refractivity contribution is 7.99. The van der Waals surface area contributed by atoms with Crippen molar-refractivity contribution < 1.29 is 24.3 Å². The van der Waals surface area contributed by atoms with Crippen LogP contribution >= 0.6 is 11.8 Å². The van der Waals surface area contributed by atoms with Gasteiger partial charge >= 0.3 is 5.97 Å². The minimum atomic E-state index is -0.875. The molecule has 0 atom stereocenters. The Morgan fingerprint density at radius 2 is 1.79 bits per heavy atom. The summed E-state index contributed by atoms with van der Waals surface area (Å²) in [5, 5.41) is 15.9. The molecule has 0 spiro atoms. The van der Waals surface area contributed by atoms with Crippen LogP contribution in [0.3, 0.4) is 0 Å². The summed E-state index contributed by atoms with van der Waals surface area (Å²) in [6, 6.07) is 7.02. The molecular formula is C15H19N3O5S. The van der Waals surface area contributed by atoms with Crippen molar-refractivity contribution in [2.24, 2.45) is 0 Å². The van der Waals surface area contributed by atoms with Crippen molar-refractivity contribution in [3.63, 3.8) is 0 Å². The summed E-state index contributed by atoms with van der Waals surface area (Å²) < 4.78 is 0. The fraction of sp³-hybridized carbons (Fsp3) is 0.333. The SMILES string of the molecule is CC(=O)NCC(=O)NCC(=O)Nc1cccc(CSCC(=O)O)c1. The molecule has 0 bridgehead atoms. The van der Waals surface area contributed by atoms with Gasteiger partial charge < -0.3 is 21.1 Å². The maximum absolute atomic E-state index is 11.8. The number of aliphatic carboxylic acids is 1. The number of carbonyl (C=O) groups is 4.